The van der Waals surface area contributed by atoms with E-state index in [4.69, 9.17) is 0 Å². The molecule has 3 heteroatoms. The third-order valence-electron chi connectivity index (χ3n) is 3.15. The van der Waals surface area contributed by atoms with Crippen LogP contribution in [-0.4, -0.2) is 10.8 Å². The summed E-state index contributed by atoms with van der Waals surface area (Å²) in [5.41, 5.74) is 2.46. The molecule has 2 nitrogen and oxygen atoms in total. The van der Waals surface area contributed by atoms with E-state index < -0.39 is 7.77 Å². The lowest BCUT2D eigenvalue weighted by Crippen LogP contribution is -2.20. The summed E-state index contributed by atoms with van der Waals surface area (Å²) in [7, 11) is -1.84. The van der Waals surface area contributed by atoms with Crippen molar-refractivity contribution < 1.29 is 9.69 Å². The monoisotopic (exact) mass is 230 g/mol. The van der Waals surface area contributed by atoms with Gasteiger partial charge in [0.1, 0.15) is 13.1 Å². The van der Waals surface area contributed by atoms with Crippen molar-refractivity contribution in [3.63, 3.8) is 0 Å². The van der Waals surface area contributed by atoms with Crippen molar-refractivity contribution in [1.82, 2.24) is 0 Å². The number of carbonyl (C=O) groups excluding carboxylic acids is 1. The van der Waals surface area contributed by atoms with E-state index in [1.165, 1.54) is 0 Å². The van der Waals surface area contributed by atoms with E-state index in [1.54, 1.807) is 6.07 Å². The summed E-state index contributed by atoms with van der Waals surface area (Å²) >= 11 is 0. The topological polar surface area (TPSA) is 40.1 Å². The van der Waals surface area contributed by atoms with Gasteiger partial charge in [0, 0.05) is 17.6 Å². The second-order valence-corrected chi connectivity index (χ2v) is 5.64. The molecule has 0 radical (unpaired) electrons. The van der Waals surface area contributed by atoms with Crippen molar-refractivity contribution in [3.05, 3.63) is 41.5 Å². The Bertz CT molecular complexity index is 541. The van der Waals surface area contributed by atoms with Crippen molar-refractivity contribution >= 4 is 24.2 Å². The Morgan fingerprint density at radius 2 is 1.94 bits per heavy atom. The Balaban J connectivity index is 2.30. The average Bonchev–Trinajstić information content (AvgIpc) is 2.36. The average molecular weight is 230 g/mol. The van der Waals surface area contributed by atoms with Crippen molar-refractivity contribution in [1.29, 1.82) is 0 Å². The highest BCUT2D eigenvalue weighted by Crippen LogP contribution is 2.41. The molecule has 2 aliphatic rings. The number of hydrogen-bond donors (Lipinski definition) is 0. The predicted molar refractivity (Wildman–Crippen MR) is 64.5 cm³/mol. The predicted octanol–water partition coefficient (Wildman–Crippen LogP) is 2.34. The molecule has 1 aliphatic heterocycles. The summed E-state index contributed by atoms with van der Waals surface area (Å²) in [5, 5.41) is 0.866. The van der Waals surface area contributed by atoms with Gasteiger partial charge in [-0.2, -0.15) is 0 Å². The minimum Gasteiger partial charge on any atom is -0.623 e. The van der Waals surface area contributed by atoms with Crippen LogP contribution in [0.2, 0.25) is 0 Å². The minimum atomic E-state index is -1.84. The van der Waals surface area contributed by atoms with E-state index in [0.29, 0.717) is 5.56 Å². The van der Waals surface area contributed by atoms with Crippen molar-refractivity contribution in [3.8, 4) is 0 Å². The van der Waals surface area contributed by atoms with Gasteiger partial charge in [-0.15, -0.1) is 0 Å². The molecule has 1 unspecified atom stereocenters. The van der Waals surface area contributed by atoms with E-state index in [-0.39, 0.29) is 5.52 Å². The molecule has 1 heterocycles. The van der Waals surface area contributed by atoms with E-state index in [1.807, 2.05) is 18.2 Å². The summed E-state index contributed by atoms with van der Waals surface area (Å²) in [4.78, 5) is 24.0. The van der Waals surface area contributed by atoms with Gasteiger partial charge in [-0.05, 0) is 18.9 Å². The van der Waals surface area contributed by atoms with Gasteiger partial charge >= 0.3 is 5.52 Å². The fourth-order valence-corrected chi connectivity index (χ4v) is 3.83. The molecule has 1 aliphatic carbocycles. The minimum absolute atomic E-state index is 0.195. The molecule has 0 N–H and O–H groups in total. The van der Waals surface area contributed by atoms with Gasteiger partial charge in [0.2, 0.25) is 0 Å². The van der Waals surface area contributed by atoms with Gasteiger partial charge < -0.3 is 4.89 Å². The Kier molecular flexibility index (Phi) is 2.27. The summed E-state index contributed by atoms with van der Waals surface area (Å²) in [6.45, 7) is 0. The van der Waals surface area contributed by atoms with Gasteiger partial charge in [0.25, 0.3) is 0 Å². The third-order valence-corrected chi connectivity index (χ3v) is 4.72. The van der Waals surface area contributed by atoms with Gasteiger partial charge in [-0.3, -0.25) is 0 Å². The lowest BCUT2D eigenvalue weighted by atomic mass is 9.90. The van der Waals surface area contributed by atoms with Crippen LogP contribution in [0.3, 0.4) is 0 Å². The fraction of sp³-hybridized carbons (Fsp3) is 0.231. The number of rotatable bonds is 0. The largest absolute Gasteiger partial charge is 0.623 e. The summed E-state index contributed by atoms with van der Waals surface area (Å²) < 4.78 is 0. The molecular weight excluding hydrogens is 219 g/mol. The van der Waals surface area contributed by atoms with Crippen LogP contribution in [0.1, 0.15) is 35.2 Å². The van der Waals surface area contributed by atoms with E-state index in [2.05, 4.69) is 6.08 Å². The van der Waals surface area contributed by atoms with Crippen LogP contribution in [0.4, 0.5) is 0 Å². The van der Waals surface area contributed by atoms with E-state index in [0.717, 1.165) is 35.7 Å². The molecular formula is C13H11O2P. The lowest BCUT2D eigenvalue weighted by Gasteiger charge is -2.21. The van der Waals surface area contributed by atoms with Crippen LogP contribution >= 0.6 is 7.77 Å². The second kappa shape index (κ2) is 3.65. The van der Waals surface area contributed by atoms with Crippen molar-refractivity contribution in [2.24, 2.45) is 0 Å². The first kappa shape index (κ1) is 9.95. The molecule has 0 saturated heterocycles. The number of allylic oxidation sites excluding steroid dienone is 2. The van der Waals surface area contributed by atoms with Crippen LogP contribution in [0.25, 0.3) is 5.57 Å². The first-order valence-corrected chi connectivity index (χ1v) is 6.72. The maximum absolute atomic E-state index is 12.0. The first-order valence-electron chi connectivity index (χ1n) is 5.46. The van der Waals surface area contributed by atoms with Crippen LogP contribution in [0, 0.1) is 0 Å². The Morgan fingerprint density at radius 1 is 1.19 bits per heavy atom. The van der Waals surface area contributed by atoms with E-state index in [9.17, 15) is 9.69 Å². The smallest absolute Gasteiger partial charge is 0.350 e. The van der Waals surface area contributed by atoms with Crippen LogP contribution in [0.5, 0.6) is 0 Å². The van der Waals surface area contributed by atoms with Gasteiger partial charge in [-0.1, -0.05) is 24.3 Å². The Hall–Kier alpha value is -1.24. The summed E-state index contributed by atoms with van der Waals surface area (Å²) in [6.07, 6.45) is 4.96. The molecule has 0 fully saturated rings. The van der Waals surface area contributed by atoms with E-state index >= 15 is 0 Å². The van der Waals surface area contributed by atoms with Crippen molar-refractivity contribution in [2.45, 2.75) is 19.3 Å². The highest BCUT2D eigenvalue weighted by Gasteiger charge is 2.34. The number of hydrogen-bond acceptors (Lipinski definition) is 2. The Morgan fingerprint density at radius 3 is 2.75 bits per heavy atom. The fourth-order valence-electron chi connectivity index (χ4n) is 2.38. The molecule has 1 aromatic carbocycles. The lowest BCUT2D eigenvalue weighted by molar-refractivity contribution is -0.150. The Labute approximate surface area is 95.1 Å². The molecule has 3 rings (SSSR count). The highest BCUT2D eigenvalue weighted by molar-refractivity contribution is 7.71. The van der Waals surface area contributed by atoms with Crippen LogP contribution in [-0.2, 0) is 0 Å². The number of fused-ring (bicyclic) bond motifs is 3. The molecule has 0 amide bonds. The summed E-state index contributed by atoms with van der Waals surface area (Å²) in [5.74, 6) is 0. The molecule has 0 saturated carbocycles. The summed E-state index contributed by atoms with van der Waals surface area (Å²) in [6, 6.07) is 7.48. The zero-order chi connectivity index (χ0) is 11.1. The molecule has 16 heavy (non-hydrogen) atoms. The standard InChI is InChI=1S/C13H11O2P/c14-13-11-7-2-1-5-9(11)10-6-3-4-8-12(10)16(13)15/h1-2,5-7H,3-4,8H2. The molecule has 0 bridgehead atoms. The van der Waals surface area contributed by atoms with Crippen molar-refractivity contribution in [2.75, 3.05) is 0 Å². The normalized spacial score (nSPS) is 21.3. The zero-order valence-electron chi connectivity index (χ0n) is 8.77. The third kappa shape index (κ3) is 1.31. The maximum atomic E-state index is 12.0. The first-order chi connectivity index (χ1) is 7.79. The second-order valence-electron chi connectivity index (χ2n) is 4.10. The number of benzene rings is 1. The van der Waals surface area contributed by atoms with Gasteiger partial charge in [-0.25, -0.2) is 4.79 Å². The van der Waals surface area contributed by atoms with Crippen LogP contribution < -0.4 is 4.89 Å². The SMILES string of the molecule is O=C1c2ccccc2C2=CCCCC2=[P+]1[O-]. The maximum Gasteiger partial charge on any atom is 0.350 e. The molecule has 0 aromatic heterocycles. The quantitative estimate of drug-likeness (QED) is 0.642. The zero-order valence-corrected chi connectivity index (χ0v) is 9.67. The molecule has 80 valence electrons. The van der Waals surface area contributed by atoms with Gasteiger partial charge in [0.05, 0.1) is 5.56 Å². The molecule has 1 aromatic rings. The molecule has 0 spiro atoms. The molecule has 1 atom stereocenters. The highest BCUT2D eigenvalue weighted by atomic mass is 31.1. The number of carbonyl (C=O) groups is 1. The van der Waals surface area contributed by atoms with Gasteiger partial charge in [0.15, 0.2) is 0 Å². The van der Waals surface area contributed by atoms with Crippen LogP contribution in [0.15, 0.2) is 30.3 Å².